The predicted molar refractivity (Wildman–Crippen MR) is 77.1 cm³/mol. The lowest BCUT2D eigenvalue weighted by molar-refractivity contribution is 0.477. The van der Waals surface area contributed by atoms with Gasteiger partial charge in [0.25, 0.3) is 0 Å². The molecule has 0 unspecified atom stereocenters. The van der Waals surface area contributed by atoms with Crippen molar-refractivity contribution in [2.45, 2.75) is 6.92 Å². The number of nitrogens with zero attached hydrogens (tertiary/aromatic N) is 3. The van der Waals surface area contributed by atoms with Crippen LogP contribution in [0.2, 0.25) is 0 Å². The van der Waals surface area contributed by atoms with Crippen LogP contribution in [0.25, 0.3) is 22.8 Å². The van der Waals surface area contributed by atoms with E-state index in [9.17, 15) is 5.11 Å². The van der Waals surface area contributed by atoms with Crippen LogP contribution < -0.4 is 0 Å². The number of phenols is 1. The number of aromatic nitrogens is 3. The minimum atomic E-state index is 0.164. The van der Waals surface area contributed by atoms with Crippen molar-refractivity contribution in [3.05, 3.63) is 60.4 Å². The lowest BCUT2D eigenvalue weighted by Gasteiger charge is -2.06. The first-order valence-corrected chi connectivity index (χ1v) is 6.30. The van der Waals surface area contributed by atoms with Gasteiger partial charge in [-0.05, 0) is 19.1 Å². The van der Waals surface area contributed by atoms with E-state index in [4.69, 9.17) is 0 Å². The van der Waals surface area contributed by atoms with Crippen LogP contribution in [0.15, 0.2) is 54.6 Å². The molecule has 0 atom stereocenters. The Bertz CT molecular complexity index is 742. The molecule has 1 heterocycles. The lowest BCUT2D eigenvalue weighted by atomic mass is 10.1. The van der Waals surface area contributed by atoms with E-state index < -0.39 is 0 Å². The van der Waals surface area contributed by atoms with Crippen LogP contribution in [-0.2, 0) is 0 Å². The lowest BCUT2D eigenvalue weighted by Crippen LogP contribution is -1.99. The fourth-order valence-corrected chi connectivity index (χ4v) is 1.98. The molecule has 0 saturated carbocycles. The van der Waals surface area contributed by atoms with Crippen LogP contribution in [-0.4, -0.2) is 20.1 Å². The maximum Gasteiger partial charge on any atom is 0.167 e. The average molecular weight is 263 g/mol. The van der Waals surface area contributed by atoms with Crippen molar-refractivity contribution >= 4 is 0 Å². The first kappa shape index (κ1) is 12.3. The van der Waals surface area contributed by atoms with Gasteiger partial charge in [0.2, 0.25) is 0 Å². The number of benzene rings is 2. The Balaban J connectivity index is 2.15. The van der Waals surface area contributed by atoms with Crippen molar-refractivity contribution in [3.63, 3.8) is 0 Å². The van der Waals surface area contributed by atoms with Gasteiger partial charge in [-0.3, -0.25) is 0 Å². The molecule has 1 N–H and O–H groups in total. The molecule has 0 fully saturated rings. The third-order valence-corrected chi connectivity index (χ3v) is 2.92. The molecule has 0 saturated heterocycles. The van der Waals surface area contributed by atoms with Crippen LogP contribution in [0.5, 0.6) is 5.75 Å². The SMILES string of the molecule is Cc1nc(-c2ccccc2)nc(-c2ccccc2O)n1. The standard InChI is InChI=1S/C16H13N3O/c1-11-17-15(12-7-3-2-4-8-12)19-16(18-11)13-9-5-6-10-14(13)20/h2-10,20H,1H3. The van der Waals surface area contributed by atoms with Gasteiger partial charge in [0.15, 0.2) is 11.6 Å². The fourth-order valence-electron chi connectivity index (χ4n) is 1.98. The number of rotatable bonds is 2. The van der Waals surface area contributed by atoms with Gasteiger partial charge in [-0.15, -0.1) is 0 Å². The van der Waals surface area contributed by atoms with Gasteiger partial charge in [0.05, 0.1) is 5.56 Å². The average Bonchev–Trinajstić information content (AvgIpc) is 2.48. The summed E-state index contributed by atoms with van der Waals surface area (Å²) in [6, 6.07) is 16.7. The summed E-state index contributed by atoms with van der Waals surface area (Å²) < 4.78 is 0. The smallest absolute Gasteiger partial charge is 0.167 e. The molecule has 3 rings (SSSR count). The highest BCUT2D eigenvalue weighted by Crippen LogP contribution is 2.27. The van der Waals surface area contributed by atoms with E-state index in [-0.39, 0.29) is 5.75 Å². The van der Waals surface area contributed by atoms with E-state index in [0.29, 0.717) is 23.0 Å². The van der Waals surface area contributed by atoms with Crippen LogP contribution >= 0.6 is 0 Å². The van der Waals surface area contributed by atoms with E-state index in [1.165, 1.54) is 0 Å². The topological polar surface area (TPSA) is 58.9 Å². The summed E-state index contributed by atoms with van der Waals surface area (Å²) in [6.07, 6.45) is 0. The van der Waals surface area contributed by atoms with Gasteiger partial charge in [0, 0.05) is 5.56 Å². The van der Waals surface area contributed by atoms with Crippen LogP contribution in [0, 0.1) is 6.92 Å². The molecule has 4 heteroatoms. The Labute approximate surface area is 116 Å². The van der Waals surface area contributed by atoms with Crippen molar-refractivity contribution in [1.82, 2.24) is 15.0 Å². The summed E-state index contributed by atoms with van der Waals surface area (Å²) in [4.78, 5) is 13.1. The van der Waals surface area contributed by atoms with Crippen LogP contribution in [0.1, 0.15) is 5.82 Å². The number of aryl methyl sites for hydroxylation is 1. The van der Waals surface area contributed by atoms with Gasteiger partial charge >= 0.3 is 0 Å². The van der Waals surface area contributed by atoms with Gasteiger partial charge in [-0.2, -0.15) is 0 Å². The first-order chi connectivity index (χ1) is 9.74. The van der Waals surface area contributed by atoms with Crippen molar-refractivity contribution in [3.8, 4) is 28.5 Å². The second-order valence-electron chi connectivity index (χ2n) is 4.41. The highest BCUT2D eigenvalue weighted by atomic mass is 16.3. The minimum absolute atomic E-state index is 0.164. The van der Waals surface area contributed by atoms with Gasteiger partial charge in [-0.25, -0.2) is 15.0 Å². The number of hydrogen-bond donors (Lipinski definition) is 1. The summed E-state index contributed by atoms with van der Waals surface area (Å²) in [7, 11) is 0. The molecule has 4 nitrogen and oxygen atoms in total. The highest BCUT2D eigenvalue weighted by Gasteiger charge is 2.10. The van der Waals surface area contributed by atoms with Gasteiger partial charge in [0.1, 0.15) is 11.6 Å². The van der Waals surface area contributed by atoms with E-state index in [2.05, 4.69) is 15.0 Å². The minimum Gasteiger partial charge on any atom is -0.507 e. The Hall–Kier alpha value is -2.75. The molecule has 98 valence electrons. The monoisotopic (exact) mass is 263 g/mol. The third-order valence-electron chi connectivity index (χ3n) is 2.92. The third kappa shape index (κ3) is 2.36. The molecule has 0 aliphatic rings. The molecule has 0 spiro atoms. The molecular weight excluding hydrogens is 250 g/mol. The molecule has 20 heavy (non-hydrogen) atoms. The molecule has 3 aromatic rings. The normalized spacial score (nSPS) is 10.4. The summed E-state index contributed by atoms with van der Waals surface area (Å²) >= 11 is 0. The molecule has 2 aromatic carbocycles. The number of aromatic hydroxyl groups is 1. The zero-order valence-electron chi connectivity index (χ0n) is 11.0. The first-order valence-electron chi connectivity index (χ1n) is 6.30. The molecule has 1 aromatic heterocycles. The maximum absolute atomic E-state index is 9.92. The second kappa shape index (κ2) is 5.09. The molecule has 0 aliphatic carbocycles. The van der Waals surface area contributed by atoms with Crippen molar-refractivity contribution < 1.29 is 5.11 Å². The molecule has 0 bridgehead atoms. The van der Waals surface area contributed by atoms with E-state index in [1.54, 1.807) is 18.2 Å². The maximum atomic E-state index is 9.92. The molecule has 0 amide bonds. The summed E-state index contributed by atoms with van der Waals surface area (Å²) in [5.74, 6) is 1.88. The highest BCUT2D eigenvalue weighted by molar-refractivity contribution is 5.65. The van der Waals surface area contributed by atoms with E-state index in [1.807, 2.05) is 43.3 Å². The molecular formula is C16H13N3O. The quantitative estimate of drug-likeness (QED) is 0.771. The predicted octanol–water partition coefficient (Wildman–Crippen LogP) is 3.22. The number of para-hydroxylation sites is 1. The summed E-state index contributed by atoms with van der Waals surface area (Å²) in [5, 5.41) is 9.92. The number of phenolic OH excluding ortho intramolecular Hbond substituents is 1. The molecule has 0 radical (unpaired) electrons. The van der Waals surface area contributed by atoms with Gasteiger partial charge < -0.3 is 5.11 Å². The van der Waals surface area contributed by atoms with Crippen molar-refractivity contribution in [1.29, 1.82) is 0 Å². The van der Waals surface area contributed by atoms with E-state index >= 15 is 0 Å². The summed E-state index contributed by atoms with van der Waals surface area (Å²) in [6.45, 7) is 1.82. The van der Waals surface area contributed by atoms with E-state index in [0.717, 1.165) is 5.56 Å². The fraction of sp³-hybridized carbons (Fsp3) is 0.0625. The Kier molecular flexibility index (Phi) is 3.13. The zero-order valence-corrected chi connectivity index (χ0v) is 11.0. The largest absolute Gasteiger partial charge is 0.507 e. The second-order valence-corrected chi connectivity index (χ2v) is 4.41. The summed E-state index contributed by atoms with van der Waals surface area (Å²) in [5.41, 5.74) is 1.53. The Morgan fingerprint density at radius 1 is 0.750 bits per heavy atom. The molecule has 0 aliphatic heterocycles. The van der Waals surface area contributed by atoms with Crippen LogP contribution in [0.3, 0.4) is 0 Å². The Morgan fingerprint density at radius 2 is 1.40 bits per heavy atom. The Morgan fingerprint density at radius 3 is 2.15 bits per heavy atom. The van der Waals surface area contributed by atoms with Gasteiger partial charge in [-0.1, -0.05) is 42.5 Å². The number of hydrogen-bond acceptors (Lipinski definition) is 4. The van der Waals surface area contributed by atoms with Crippen LogP contribution in [0.4, 0.5) is 0 Å². The van der Waals surface area contributed by atoms with Crippen molar-refractivity contribution in [2.24, 2.45) is 0 Å². The van der Waals surface area contributed by atoms with Crippen molar-refractivity contribution in [2.75, 3.05) is 0 Å². The zero-order chi connectivity index (χ0) is 13.9.